The van der Waals surface area contributed by atoms with Gasteiger partial charge in [-0.15, -0.1) is 0 Å². The molecule has 10 nitrogen and oxygen atoms in total. The third kappa shape index (κ3) is 6.75. The molecule has 0 radical (unpaired) electrons. The number of hydrogen-bond donors (Lipinski definition) is 6. The Kier molecular flexibility index (Phi) is 4.57. The van der Waals surface area contributed by atoms with Crippen molar-refractivity contribution in [3.8, 4) is 0 Å². The number of nitrogens with zero attached hydrogens (tertiary/aromatic N) is 2. The highest BCUT2D eigenvalue weighted by Gasteiger charge is 2.20. The molecule has 1 heterocycles. The lowest BCUT2D eigenvalue weighted by Crippen LogP contribution is -2.52. The van der Waals surface area contributed by atoms with Gasteiger partial charge < -0.3 is 22.9 Å². The second-order valence-electron chi connectivity index (χ2n) is 2.49. The summed E-state index contributed by atoms with van der Waals surface area (Å²) in [6, 6.07) is -0.507. The second-order valence-corrected chi connectivity index (χ2v) is 3.38. The molecule has 1 aliphatic rings. The molecule has 0 aromatic carbocycles. The fourth-order valence-electron chi connectivity index (χ4n) is 0.644. The van der Waals surface area contributed by atoms with Gasteiger partial charge in [0.1, 0.15) is 12.0 Å². The lowest BCUT2D eigenvalue weighted by molar-refractivity contribution is 0.381. The standard InChI is InChI=1S/C4H10N6.H2O4S/c5-1-2(6)9-4(8)10-3(1)7;1-5(2,3)4/h1-2H,5-6H2,(H4,7,8,9,10);(H2,1,2,3,4). The Morgan fingerprint density at radius 1 is 1.20 bits per heavy atom. The van der Waals surface area contributed by atoms with Gasteiger partial charge in [0.15, 0.2) is 0 Å². The summed E-state index contributed by atoms with van der Waals surface area (Å²) in [6.07, 6.45) is -0.558. The molecule has 0 amide bonds. The molecule has 2 unspecified atom stereocenters. The Hall–Kier alpha value is -1.27. The molecule has 1 rings (SSSR count). The summed E-state index contributed by atoms with van der Waals surface area (Å²) in [4.78, 5) is 7.33. The topological polar surface area (TPSA) is 203 Å². The molecule has 0 fully saturated rings. The van der Waals surface area contributed by atoms with Gasteiger partial charge in [-0.25, -0.2) is 4.99 Å². The fourth-order valence-corrected chi connectivity index (χ4v) is 0.644. The van der Waals surface area contributed by atoms with E-state index in [9.17, 15) is 0 Å². The molecule has 15 heavy (non-hydrogen) atoms. The van der Waals surface area contributed by atoms with Crippen molar-refractivity contribution in [3.05, 3.63) is 0 Å². The smallest absolute Gasteiger partial charge is 0.386 e. The highest BCUT2D eigenvalue weighted by molar-refractivity contribution is 7.79. The molecule has 1 aliphatic heterocycles. The van der Waals surface area contributed by atoms with Crippen LogP contribution in [0.4, 0.5) is 0 Å². The average molecular weight is 240 g/mol. The van der Waals surface area contributed by atoms with Gasteiger partial charge in [-0.1, -0.05) is 0 Å². The summed E-state index contributed by atoms with van der Waals surface area (Å²) in [5.41, 5.74) is 21.4. The first kappa shape index (κ1) is 13.7. The van der Waals surface area contributed by atoms with E-state index in [1.54, 1.807) is 0 Å². The number of nitrogens with two attached hydrogens (primary N) is 4. The van der Waals surface area contributed by atoms with E-state index in [4.69, 9.17) is 40.5 Å². The van der Waals surface area contributed by atoms with Crippen LogP contribution in [0.15, 0.2) is 9.98 Å². The lowest BCUT2D eigenvalue weighted by Gasteiger charge is -2.19. The van der Waals surface area contributed by atoms with E-state index in [1.807, 2.05) is 0 Å². The lowest BCUT2D eigenvalue weighted by atomic mass is 10.2. The van der Waals surface area contributed by atoms with E-state index in [0.717, 1.165) is 0 Å². The molecule has 0 aromatic heterocycles. The minimum atomic E-state index is -4.67. The van der Waals surface area contributed by atoms with Crippen LogP contribution in [0.25, 0.3) is 0 Å². The summed E-state index contributed by atoms with van der Waals surface area (Å²) in [7, 11) is -4.67. The third-order valence-corrected chi connectivity index (χ3v) is 1.23. The van der Waals surface area contributed by atoms with Crippen molar-refractivity contribution in [2.75, 3.05) is 0 Å². The van der Waals surface area contributed by atoms with Gasteiger partial charge in [0.2, 0.25) is 5.96 Å². The second kappa shape index (κ2) is 4.99. The Balaban J connectivity index is 0.000000336. The van der Waals surface area contributed by atoms with Crippen LogP contribution >= 0.6 is 0 Å². The van der Waals surface area contributed by atoms with Crippen molar-refractivity contribution < 1.29 is 17.5 Å². The quantitative estimate of drug-likeness (QED) is 0.235. The third-order valence-electron chi connectivity index (χ3n) is 1.23. The minimum Gasteiger partial charge on any atom is -0.386 e. The molecular weight excluding hydrogens is 228 g/mol. The van der Waals surface area contributed by atoms with Crippen LogP contribution in [-0.4, -0.2) is 41.5 Å². The monoisotopic (exact) mass is 240 g/mol. The summed E-state index contributed by atoms with van der Waals surface area (Å²) < 4.78 is 31.6. The first-order valence-corrected chi connectivity index (χ1v) is 4.89. The summed E-state index contributed by atoms with van der Waals surface area (Å²) in [5.74, 6) is 0.326. The van der Waals surface area contributed by atoms with Crippen molar-refractivity contribution in [1.82, 2.24) is 0 Å². The highest BCUT2D eigenvalue weighted by Crippen LogP contribution is 1.95. The van der Waals surface area contributed by atoms with Crippen molar-refractivity contribution >= 4 is 22.2 Å². The normalized spacial score (nSPS) is 25.9. The van der Waals surface area contributed by atoms with Gasteiger partial charge in [-0.2, -0.15) is 13.4 Å². The van der Waals surface area contributed by atoms with E-state index in [2.05, 4.69) is 9.98 Å². The van der Waals surface area contributed by atoms with Gasteiger partial charge in [0.05, 0.1) is 6.04 Å². The first-order valence-electron chi connectivity index (χ1n) is 3.49. The molecule has 10 N–H and O–H groups in total. The van der Waals surface area contributed by atoms with Crippen LogP contribution < -0.4 is 22.9 Å². The van der Waals surface area contributed by atoms with Gasteiger partial charge in [-0.3, -0.25) is 9.11 Å². The predicted octanol–water partition coefficient (Wildman–Crippen LogP) is -3.37. The molecule has 0 aromatic rings. The van der Waals surface area contributed by atoms with Crippen LogP contribution in [-0.2, 0) is 10.4 Å². The van der Waals surface area contributed by atoms with Gasteiger partial charge in [-0.05, 0) is 0 Å². The maximum atomic E-state index is 8.74. The first-order chi connectivity index (χ1) is 6.61. The SMILES string of the molecule is NC1=NC(N)C(N)C(N)=N1.O=S(=O)(O)O. The zero-order valence-electron chi connectivity index (χ0n) is 7.48. The average Bonchev–Trinajstić information content (AvgIpc) is 1.96. The number of hydrogen-bond acceptors (Lipinski definition) is 8. The van der Waals surface area contributed by atoms with E-state index in [-0.39, 0.29) is 11.8 Å². The summed E-state index contributed by atoms with van der Waals surface area (Å²) in [5, 5.41) is 0. The van der Waals surface area contributed by atoms with Gasteiger partial charge >= 0.3 is 10.4 Å². The van der Waals surface area contributed by atoms with Gasteiger partial charge in [0, 0.05) is 0 Å². The zero-order valence-corrected chi connectivity index (χ0v) is 8.29. The number of rotatable bonds is 0. The van der Waals surface area contributed by atoms with Crippen molar-refractivity contribution in [1.29, 1.82) is 0 Å². The maximum Gasteiger partial charge on any atom is 0.394 e. The fraction of sp³-hybridized carbons (Fsp3) is 0.500. The van der Waals surface area contributed by atoms with Crippen molar-refractivity contribution in [3.63, 3.8) is 0 Å². The minimum absolute atomic E-state index is 0.0895. The van der Waals surface area contributed by atoms with E-state index in [0.29, 0.717) is 0 Å². The Morgan fingerprint density at radius 3 is 1.93 bits per heavy atom. The molecule has 2 atom stereocenters. The van der Waals surface area contributed by atoms with E-state index in [1.165, 1.54) is 0 Å². The molecule has 0 bridgehead atoms. The molecule has 0 aliphatic carbocycles. The van der Waals surface area contributed by atoms with Crippen LogP contribution in [0, 0.1) is 0 Å². The van der Waals surface area contributed by atoms with Crippen molar-refractivity contribution in [2.45, 2.75) is 12.2 Å². The van der Waals surface area contributed by atoms with Crippen LogP contribution in [0.2, 0.25) is 0 Å². The highest BCUT2D eigenvalue weighted by atomic mass is 32.3. The van der Waals surface area contributed by atoms with Gasteiger partial charge in [0.25, 0.3) is 0 Å². The molecule has 88 valence electrons. The van der Waals surface area contributed by atoms with Crippen molar-refractivity contribution in [2.24, 2.45) is 32.9 Å². The van der Waals surface area contributed by atoms with E-state index >= 15 is 0 Å². The molecular formula is C4H12N6O4S. The number of guanidine groups is 1. The van der Waals surface area contributed by atoms with E-state index < -0.39 is 22.6 Å². The molecule has 0 spiro atoms. The van der Waals surface area contributed by atoms with Crippen LogP contribution in [0.5, 0.6) is 0 Å². The molecule has 0 saturated carbocycles. The van der Waals surface area contributed by atoms with Crippen LogP contribution in [0.1, 0.15) is 0 Å². The Bertz CT molecular complexity index is 367. The Morgan fingerprint density at radius 2 is 1.60 bits per heavy atom. The molecule has 0 saturated heterocycles. The number of amidine groups is 1. The summed E-state index contributed by atoms with van der Waals surface area (Å²) >= 11 is 0. The Labute approximate surface area is 85.6 Å². The maximum absolute atomic E-state index is 8.74. The number of aliphatic imine (C=N–C) groups is 2. The largest absolute Gasteiger partial charge is 0.394 e. The van der Waals surface area contributed by atoms with Crippen LogP contribution in [0.3, 0.4) is 0 Å². The molecule has 11 heteroatoms. The zero-order chi connectivity index (χ0) is 12.2. The summed E-state index contributed by atoms with van der Waals surface area (Å²) in [6.45, 7) is 0. The predicted molar refractivity (Wildman–Crippen MR) is 53.4 cm³/mol.